The summed E-state index contributed by atoms with van der Waals surface area (Å²) in [4.78, 5) is 13.6. The Morgan fingerprint density at radius 2 is 2.06 bits per heavy atom. The molecule has 1 aliphatic carbocycles. The topological polar surface area (TPSA) is 80.5 Å². The summed E-state index contributed by atoms with van der Waals surface area (Å²) in [5, 5.41) is -0.533. The van der Waals surface area contributed by atoms with Crippen molar-refractivity contribution in [1.82, 2.24) is 4.90 Å². The lowest BCUT2D eigenvalue weighted by Gasteiger charge is -2.21. The molecule has 100 valence electrons. The number of amides is 1. The lowest BCUT2D eigenvalue weighted by Crippen LogP contribution is -2.39. The number of nitrogens with zero attached hydrogens (tertiary/aromatic N) is 1. The normalized spacial score (nSPS) is 17.8. The third-order valence-electron chi connectivity index (χ3n) is 3.16. The molecule has 5 nitrogen and oxygen atoms in total. The second-order valence-corrected chi connectivity index (χ2v) is 7.03. The molecule has 1 rings (SSSR count). The number of hydrogen-bond acceptors (Lipinski definition) is 4. The van der Waals surface area contributed by atoms with Gasteiger partial charge < -0.3 is 10.6 Å². The van der Waals surface area contributed by atoms with Crippen LogP contribution in [0.3, 0.4) is 0 Å². The first-order chi connectivity index (χ1) is 7.92. The summed E-state index contributed by atoms with van der Waals surface area (Å²) >= 11 is 0. The van der Waals surface area contributed by atoms with Gasteiger partial charge in [-0.3, -0.25) is 4.79 Å². The third kappa shape index (κ3) is 3.96. The molecule has 1 saturated carbocycles. The highest BCUT2D eigenvalue weighted by Gasteiger charge is 2.34. The van der Waals surface area contributed by atoms with Crippen molar-refractivity contribution >= 4 is 15.7 Å². The van der Waals surface area contributed by atoms with Crippen molar-refractivity contribution in [3.63, 3.8) is 0 Å². The van der Waals surface area contributed by atoms with E-state index in [0.29, 0.717) is 19.5 Å². The summed E-state index contributed by atoms with van der Waals surface area (Å²) in [7, 11) is -3.35. The van der Waals surface area contributed by atoms with Gasteiger partial charge in [0.2, 0.25) is 5.91 Å². The Morgan fingerprint density at radius 3 is 2.47 bits per heavy atom. The van der Waals surface area contributed by atoms with Gasteiger partial charge in [-0.15, -0.1) is 0 Å². The summed E-state index contributed by atoms with van der Waals surface area (Å²) in [6.45, 7) is 4.41. The van der Waals surface area contributed by atoms with Crippen molar-refractivity contribution in [1.29, 1.82) is 0 Å². The zero-order valence-corrected chi connectivity index (χ0v) is 11.4. The van der Waals surface area contributed by atoms with Crippen LogP contribution >= 0.6 is 0 Å². The fourth-order valence-corrected chi connectivity index (χ4v) is 3.13. The third-order valence-corrected chi connectivity index (χ3v) is 5.27. The van der Waals surface area contributed by atoms with Gasteiger partial charge in [0.1, 0.15) is 5.75 Å². The Morgan fingerprint density at radius 1 is 1.47 bits per heavy atom. The molecule has 0 aliphatic heterocycles. The first kappa shape index (κ1) is 14.4. The van der Waals surface area contributed by atoms with Gasteiger partial charge in [0.15, 0.2) is 9.84 Å². The monoisotopic (exact) mass is 262 g/mol. The van der Waals surface area contributed by atoms with Gasteiger partial charge in [0.25, 0.3) is 0 Å². The van der Waals surface area contributed by atoms with Crippen molar-refractivity contribution in [3.8, 4) is 0 Å². The number of rotatable bonds is 7. The van der Waals surface area contributed by atoms with Crippen LogP contribution in [-0.4, -0.2) is 49.4 Å². The van der Waals surface area contributed by atoms with Gasteiger partial charge in [-0.05, 0) is 39.7 Å². The summed E-state index contributed by atoms with van der Waals surface area (Å²) in [5.41, 5.74) is 5.34. The van der Waals surface area contributed by atoms with Crippen LogP contribution in [0.2, 0.25) is 0 Å². The fraction of sp³-hybridized carbons (Fsp3) is 0.909. The second-order valence-electron chi connectivity index (χ2n) is 4.61. The average Bonchev–Trinajstić information content (AvgIpc) is 3.02. The van der Waals surface area contributed by atoms with Crippen LogP contribution in [0.15, 0.2) is 0 Å². The van der Waals surface area contributed by atoms with Gasteiger partial charge in [-0.1, -0.05) is 0 Å². The standard InChI is InChI=1S/C11H22N2O3S/c1-3-13(10-4-5-10)11(14)8-17(15,16)9(2)6-7-12/h9-10H,3-8,12H2,1-2H3. The molecule has 17 heavy (non-hydrogen) atoms. The van der Waals surface area contributed by atoms with Crippen molar-refractivity contribution < 1.29 is 13.2 Å². The van der Waals surface area contributed by atoms with E-state index in [4.69, 9.17) is 5.73 Å². The molecule has 0 aromatic heterocycles. The van der Waals surface area contributed by atoms with Crippen molar-refractivity contribution in [2.75, 3.05) is 18.8 Å². The van der Waals surface area contributed by atoms with Gasteiger partial charge >= 0.3 is 0 Å². The van der Waals surface area contributed by atoms with E-state index >= 15 is 0 Å². The van der Waals surface area contributed by atoms with Gasteiger partial charge in [0, 0.05) is 12.6 Å². The molecule has 0 saturated heterocycles. The molecular formula is C11H22N2O3S. The summed E-state index contributed by atoms with van der Waals surface area (Å²) in [6, 6.07) is 0.271. The van der Waals surface area contributed by atoms with Crippen LogP contribution in [-0.2, 0) is 14.6 Å². The zero-order chi connectivity index (χ0) is 13.1. The Labute approximate surface area is 103 Å². The van der Waals surface area contributed by atoms with Crippen LogP contribution in [0.5, 0.6) is 0 Å². The minimum atomic E-state index is -3.35. The molecule has 0 radical (unpaired) electrons. The lowest BCUT2D eigenvalue weighted by atomic mass is 10.3. The molecule has 1 atom stereocenters. The molecule has 0 aromatic rings. The van der Waals surface area contributed by atoms with Crippen LogP contribution < -0.4 is 5.73 Å². The number of carbonyl (C=O) groups is 1. The number of hydrogen-bond donors (Lipinski definition) is 1. The first-order valence-corrected chi connectivity index (χ1v) is 7.85. The number of nitrogens with two attached hydrogens (primary N) is 1. The average molecular weight is 262 g/mol. The summed E-state index contributed by atoms with van der Waals surface area (Å²) < 4.78 is 23.8. The highest BCUT2D eigenvalue weighted by atomic mass is 32.2. The molecule has 2 N–H and O–H groups in total. The number of carbonyl (C=O) groups excluding carboxylic acids is 1. The van der Waals surface area contributed by atoms with Crippen LogP contribution in [0.4, 0.5) is 0 Å². The predicted octanol–water partition coefficient (Wildman–Crippen LogP) is 0.149. The Hall–Kier alpha value is -0.620. The van der Waals surface area contributed by atoms with Gasteiger partial charge in [-0.25, -0.2) is 8.42 Å². The minimum absolute atomic E-state index is 0.265. The zero-order valence-electron chi connectivity index (χ0n) is 10.6. The second kappa shape index (κ2) is 5.82. The number of sulfone groups is 1. The van der Waals surface area contributed by atoms with Gasteiger partial charge in [0.05, 0.1) is 5.25 Å². The maximum Gasteiger partial charge on any atom is 0.238 e. The SMILES string of the molecule is CCN(C(=O)CS(=O)(=O)C(C)CCN)C1CC1. The Kier molecular flexibility index (Phi) is 4.94. The fourth-order valence-electron chi connectivity index (χ4n) is 1.84. The van der Waals surface area contributed by atoms with Crippen LogP contribution in [0, 0.1) is 0 Å². The van der Waals surface area contributed by atoms with Crippen molar-refractivity contribution in [2.45, 2.75) is 44.4 Å². The molecule has 6 heteroatoms. The van der Waals surface area contributed by atoms with E-state index in [-0.39, 0.29) is 17.7 Å². The van der Waals surface area contributed by atoms with Crippen LogP contribution in [0.1, 0.15) is 33.1 Å². The Balaban J connectivity index is 2.59. The van der Waals surface area contributed by atoms with E-state index in [1.165, 1.54) is 0 Å². The first-order valence-electron chi connectivity index (χ1n) is 6.13. The van der Waals surface area contributed by atoms with Crippen molar-refractivity contribution in [2.24, 2.45) is 5.73 Å². The van der Waals surface area contributed by atoms with E-state index in [1.54, 1.807) is 11.8 Å². The largest absolute Gasteiger partial charge is 0.339 e. The molecule has 1 amide bonds. The highest BCUT2D eigenvalue weighted by Crippen LogP contribution is 2.26. The molecule has 0 spiro atoms. The van der Waals surface area contributed by atoms with Crippen molar-refractivity contribution in [3.05, 3.63) is 0 Å². The van der Waals surface area contributed by atoms with E-state index in [9.17, 15) is 13.2 Å². The molecule has 1 fully saturated rings. The van der Waals surface area contributed by atoms with Crippen LogP contribution in [0.25, 0.3) is 0 Å². The molecular weight excluding hydrogens is 240 g/mol. The molecule has 1 aliphatic rings. The predicted molar refractivity (Wildman–Crippen MR) is 67.3 cm³/mol. The highest BCUT2D eigenvalue weighted by molar-refractivity contribution is 7.92. The van der Waals surface area contributed by atoms with E-state index in [0.717, 1.165) is 12.8 Å². The minimum Gasteiger partial charge on any atom is -0.339 e. The molecule has 0 aromatic carbocycles. The Bertz CT molecular complexity index is 363. The maximum atomic E-state index is 11.9. The molecule has 1 unspecified atom stereocenters. The van der Waals surface area contributed by atoms with E-state index in [1.807, 2.05) is 6.92 Å². The quantitative estimate of drug-likeness (QED) is 0.708. The lowest BCUT2D eigenvalue weighted by molar-refractivity contribution is -0.128. The molecule has 0 bridgehead atoms. The summed E-state index contributed by atoms with van der Waals surface area (Å²) in [6.07, 6.45) is 2.40. The maximum absolute atomic E-state index is 11.9. The van der Waals surface area contributed by atoms with E-state index in [2.05, 4.69) is 0 Å². The van der Waals surface area contributed by atoms with Gasteiger partial charge in [-0.2, -0.15) is 0 Å². The molecule has 0 heterocycles. The summed E-state index contributed by atoms with van der Waals surface area (Å²) in [5.74, 6) is -0.641. The van der Waals surface area contributed by atoms with E-state index < -0.39 is 15.1 Å². The smallest absolute Gasteiger partial charge is 0.238 e.